The fourth-order valence-electron chi connectivity index (χ4n) is 1.80. The minimum atomic E-state index is 0. The summed E-state index contributed by atoms with van der Waals surface area (Å²) in [5, 5.41) is 13.4. The van der Waals surface area contributed by atoms with Crippen molar-refractivity contribution < 1.29 is 9.15 Å². The summed E-state index contributed by atoms with van der Waals surface area (Å²) in [6, 6.07) is 3.62. The van der Waals surface area contributed by atoms with Gasteiger partial charge in [-0.25, -0.2) is 4.98 Å². The molecule has 9 heteroatoms. The monoisotopic (exact) mass is 434 g/mol. The van der Waals surface area contributed by atoms with Gasteiger partial charge in [0.15, 0.2) is 11.7 Å². The molecule has 2 heterocycles. The summed E-state index contributed by atoms with van der Waals surface area (Å²) in [5.74, 6) is 2.61. The predicted molar refractivity (Wildman–Crippen MR) is 98.8 cm³/mol. The Morgan fingerprint density at radius 3 is 3.00 bits per heavy atom. The second-order valence-electron chi connectivity index (χ2n) is 4.49. The number of hydrogen-bond donors (Lipinski definition) is 3. The lowest BCUT2D eigenvalue weighted by atomic mass is 10.4. The molecule has 0 spiro atoms. The van der Waals surface area contributed by atoms with Gasteiger partial charge in [-0.1, -0.05) is 0 Å². The van der Waals surface area contributed by atoms with Crippen molar-refractivity contribution >= 4 is 29.9 Å². The number of rotatable bonds is 8. The molecule has 0 aromatic carbocycles. The summed E-state index contributed by atoms with van der Waals surface area (Å²) in [6.45, 7) is 4.78. The summed E-state index contributed by atoms with van der Waals surface area (Å²) in [4.78, 5) is 8.50. The molecule has 0 radical (unpaired) electrons. The molecule has 0 unspecified atom stereocenters. The molecule has 2 aromatic rings. The van der Waals surface area contributed by atoms with Crippen molar-refractivity contribution in [2.75, 3.05) is 26.8 Å². The zero-order valence-corrected chi connectivity index (χ0v) is 15.7. The average Bonchev–Trinajstić information content (AvgIpc) is 3.20. The van der Waals surface area contributed by atoms with Crippen LogP contribution in [0.2, 0.25) is 0 Å². The molecule has 0 aliphatic rings. The van der Waals surface area contributed by atoms with E-state index in [1.165, 1.54) is 0 Å². The number of H-pyrrole nitrogens is 1. The topological polar surface area (TPSA) is 100 Å². The average molecular weight is 434 g/mol. The van der Waals surface area contributed by atoms with Gasteiger partial charge in [0.2, 0.25) is 5.82 Å². The van der Waals surface area contributed by atoms with Gasteiger partial charge in [0.1, 0.15) is 5.82 Å². The smallest absolute Gasteiger partial charge is 0.216 e. The first kappa shape index (κ1) is 19.4. The van der Waals surface area contributed by atoms with Crippen molar-refractivity contribution in [2.45, 2.75) is 19.9 Å². The second-order valence-corrected chi connectivity index (χ2v) is 4.49. The molecule has 3 N–H and O–H groups in total. The molecule has 0 bridgehead atoms. The Hall–Kier alpha value is -1.62. The SMILES string of the molecule is CCOCCCNC(=NC)NCc1nc(-c2ccco2)n[nH]1.I. The van der Waals surface area contributed by atoms with Crippen LogP contribution in [-0.2, 0) is 11.3 Å². The fraction of sp³-hybridized carbons (Fsp3) is 0.500. The van der Waals surface area contributed by atoms with Gasteiger partial charge in [0.05, 0.1) is 12.8 Å². The summed E-state index contributed by atoms with van der Waals surface area (Å²) in [5.41, 5.74) is 0. The van der Waals surface area contributed by atoms with Crippen LogP contribution in [-0.4, -0.2) is 47.9 Å². The summed E-state index contributed by atoms with van der Waals surface area (Å²) >= 11 is 0. The minimum Gasteiger partial charge on any atom is -0.461 e. The summed E-state index contributed by atoms with van der Waals surface area (Å²) < 4.78 is 10.5. The second kappa shape index (κ2) is 11.0. The third kappa shape index (κ3) is 6.57. The van der Waals surface area contributed by atoms with Crippen LogP contribution in [0.25, 0.3) is 11.6 Å². The number of aromatic amines is 1. The predicted octanol–water partition coefficient (Wildman–Crippen LogP) is 1.77. The molecule has 2 rings (SSSR count). The highest BCUT2D eigenvalue weighted by Crippen LogP contribution is 2.13. The van der Waals surface area contributed by atoms with E-state index in [2.05, 4.69) is 30.8 Å². The van der Waals surface area contributed by atoms with E-state index < -0.39 is 0 Å². The highest BCUT2D eigenvalue weighted by atomic mass is 127. The highest BCUT2D eigenvalue weighted by Gasteiger charge is 2.08. The molecule has 23 heavy (non-hydrogen) atoms. The molecule has 2 aromatic heterocycles. The van der Waals surface area contributed by atoms with E-state index in [9.17, 15) is 0 Å². The number of furan rings is 1. The first-order valence-electron chi connectivity index (χ1n) is 7.31. The molecule has 0 aliphatic carbocycles. The lowest BCUT2D eigenvalue weighted by Crippen LogP contribution is -2.37. The number of nitrogens with zero attached hydrogens (tertiary/aromatic N) is 3. The highest BCUT2D eigenvalue weighted by molar-refractivity contribution is 14.0. The van der Waals surface area contributed by atoms with E-state index >= 15 is 0 Å². The van der Waals surface area contributed by atoms with Crippen LogP contribution in [0.1, 0.15) is 19.2 Å². The molecular weight excluding hydrogens is 411 g/mol. The number of nitrogens with one attached hydrogen (secondary N) is 3. The van der Waals surface area contributed by atoms with Crippen molar-refractivity contribution in [1.82, 2.24) is 25.8 Å². The van der Waals surface area contributed by atoms with Gasteiger partial charge in [-0.05, 0) is 25.5 Å². The zero-order valence-electron chi connectivity index (χ0n) is 13.3. The van der Waals surface area contributed by atoms with Crippen molar-refractivity contribution in [3.63, 3.8) is 0 Å². The Balaban J connectivity index is 0.00000264. The molecular formula is C14H23IN6O2. The van der Waals surface area contributed by atoms with Crippen molar-refractivity contribution in [1.29, 1.82) is 0 Å². The molecule has 0 saturated heterocycles. The van der Waals surface area contributed by atoms with Crippen LogP contribution in [0.15, 0.2) is 27.8 Å². The van der Waals surface area contributed by atoms with Crippen LogP contribution >= 0.6 is 24.0 Å². The maximum Gasteiger partial charge on any atom is 0.216 e. The molecule has 0 fully saturated rings. The standard InChI is InChI=1S/C14H22N6O2.HI/c1-3-21-8-5-7-16-14(15-2)17-10-12-18-13(20-19-12)11-6-4-9-22-11;/h4,6,9H,3,5,7-8,10H2,1-2H3,(H2,15,16,17)(H,18,19,20);1H. The zero-order chi connectivity index (χ0) is 15.6. The molecule has 8 nitrogen and oxygen atoms in total. The van der Waals surface area contributed by atoms with Crippen LogP contribution in [0.4, 0.5) is 0 Å². The Morgan fingerprint density at radius 2 is 2.30 bits per heavy atom. The molecule has 128 valence electrons. The van der Waals surface area contributed by atoms with Gasteiger partial charge in [0, 0.05) is 26.8 Å². The maximum absolute atomic E-state index is 5.28. The van der Waals surface area contributed by atoms with E-state index in [0.717, 1.165) is 26.2 Å². The van der Waals surface area contributed by atoms with Gasteiger partial charge >= 0.3 is 0 Å². The first-order valence-corrected chi connectivity index (χ1v) is 7.31. The number of aromatic nitrogens is 3. The van der Waals surface area contributed by atoms with E-state index in [4.69, 9.17) is 9.15 Å². The summed E-state index contributed by atoms with van der Waals surface area (Å²) in [7, 11) is 1.73. The van der Waals surface area contributed by atoms with Gasteiger partial charge in [-0.3, -0.25) is 10.1 Å². The minimum absolute atomic E-state index is 0. The number of aliphatic imine (C=N–C) groups is 1. The van der Waals surface area contributed by atoms with E-state index in [0.29, 0.717) is 29.9 Å². The lowest BCUT2D eigenvalue weighted by molar-refractivity contribution is 0.145. The van der Waals surface area contributed by atoms with Crippen molar-refractivity contribution in [3.05, 3.63) is 24.2 Å². The van der Waals surface area contributed by atoms with Crippen LogP contribution < -0.4 is 10.6 Å². The Labute approximate surface area is 152 Å². The molecule has 0 saturated carbocycles. The van der Waals surface area contributed by atoms with E-state index in [-0.39, 0.29) is 24.0 Å². The number of halogens is 1. The van der Waals surface area contributed by atoms with E-state index in [1.54, 1.807) is 19.4 Å². The fourth-order valence-corrected chi connectivity index (χ4v) is 1.80. The molecule has 0 atom stereocenters. The first-order chi connectivity index (χ1) is 10.8. The number of ether oxygens (including phenoxy) is 1. The van der Waals surface area contributed by atoms with E-state index in [1.807, 2.05) is 13.0 Å². The summed E-state index contributed by atoms with van der Waals surface area (Å²) in [6.07, 6.45) is 2.52. The van der Waals surface area contributed by atoms with Gasteiger partial charge in [-0.15, -0.1) is 29.1 Å². The Kier molecular flexibility index (Phi) is 9.29. The quantitative estimate of drug-likeness (QED) is 0.254. The van der Waals surface area contributed by atoms with Gasteiger partial charge < -0.3 is 19.8 Å². The van der Waals surface area contributed by atoms with Crippen LogP contribution in [0.3, 0.4) is 0 Å². The Bertz CT molecular complexity index is 570. The third-order valence-electron chi connectivity index (χ3n) is 2.88. The maximum atomic E-state index is 5.28. The van der Waals surface area contributed by atoms with Crippen molar-refractivity contribution in [3.8, 4) is 11.6 Å². The third-order valence-corrected chi connectivity index (χ3v) is 2.88. The lowest BCUT2D eigenvalue weighted by Gasteiger charge is -2.10. The van der Waals surface area contributed by atoms with Crippen molar-refractivity contribution in [2.24, 2.45) is 4.99 Å². The van der Waals surface area contributed by atoms with Gasteiger partial charge in [-0.2, -0.15) is 0 Å². The molecule has 0 aliphatic heterocycles. The largest absolute Gasteiger partial charge is 0.461 e. The Morgan fingerprint density at radius 1 is 1.43 bits per heavy atom. The molecule has 0 amide bonds. The van der Waals surface area contributed by atoms with Crippen LogP contribution in [0, 0.1) is 0 Å². The number of guanidine groups is 1. The number of hydrogen-bond acceptors (Lipinski definition) is 5. The normalized spacial score (nSPS) is 11.1. The van der Waals surface area contributed by atoms with Gasteiger partial charge in [0.25, 0.3) is 0 Å². The van der Waals surface area contributed by atoms with Crippen LogP contribution in [0.5, 0.6) is 0 Å².